The number of carbonyl (C=O) groups is 1. The van der Waals surface area contributed by atoms with Gasteiger partial charge in [-0.15, -0.1) is 0 Å². The molecule has 1 aliphatic heterocycles. The van der Waals surface area contributed by atoms with Gasteiger partial charge in [0.15, 0.2) is 6.10 Å². The normalized spacial score (nSPS) is 17.4. The van der Waals surface area contributed by atoms with Gasteiger partial charge >= 0.3 is 11.5 Å². The third kappa shape index (κ3) is 3.96. The van der Waals surface area contributed by atoms with Crippen LogP contribution >= 0.6 is 11.8 Å². The highest BCUT2D eigenvalue weighted by atomic mass is 32.2. The molecule has 110 valence electrons. The van der Waals surface area contributed by atoms with Crippen LogP contribution in [-0.2, 0) is 11.2 Å². The van der Waals surface area contributed by atoms with Gasteiger partial charge in [-0.25, -0.2) is 4.79 Å². The van der Waals surface area contributed by atoms with Gasteiger partial charge in [0.2, 0.25) is 0 Å². The molecule has 1 heterocycles. The Hall–Kier alpha value is -1.57. The molecule has 1 aliphatic rings. The van der Waals surface area contributed by atoms with E-state index in [-0.39, 0.29) is 30.5 Å². The van der Waals surface area contributed by atoms with Crippen LogP contribution in [0.5, 0.6) is 11.5 Å². The summed E-state index contributed by atoms with van der Waals surface area (Å²) in [5, 5.41) is 8.84. The standard InChI is InChI=1S/C12H11F3O4S/c13-12(14,15)20-4-3-18-8-2-1-7-5-10(11(16)17)19-9(7)6-8/h1-2,6,10H,3-5H2,(H,16,17). The maximum Gasteiger partial charge on any atom is 0.441 e. The number of benzene rings is 1. The first-order chi connectivity index (χ1) is 9.35. The van der Waals surface area contributed by atoms with Crippen molar-refractivity contribution in [2.75, 3.05) is 12.4 Å². The Morgan fingerprint density at radius 1 is 1.50 bits per heavy atom. The lowest BCUT2D eigenvalue weighted by Gasteiger charge is -2.09. The van der Waals surface area contributed by atoms with Crippen LogP contribution in [0.1, 0.15) is 5.56 Å². The minimum absolute atomic E-state index is 0.0919. The number of carboxylic acid groups (broad SMARTS) is 1. The van der Waals surface area contributed by atoms with Gasteiger partial charge < -0.3 is 14.6 Å². The first-order valence-corrected chi connectivity index (χ1v) is 6.69. The average Bonchev–Trinajstić information content (AvgIpc) is 2.76. The summed E-state index contributed by atoms with van der Waals surface area (Å²) < 4.78 is 46.1. The zero-order chi connectivity index (χ0) is 14.8. The van der Waals surface area contributed by atoms with Crippen molar-refractivity contribution in [3.63, 3.8) is 0 Å². The van der Waals surface area contributed by atoms with Crippen LogP contribution in [0.25, 0.3) is 0 Å². The summed E-state index contributed by atoms with van der Waals surface area (Å²) in [7, 11) is 0. The van der Waals surface area contributed by atoms with E-state index in [0.717, 1.165) is 5.56 Å². The minimum atomic E-state index is -4.26. The molecule has 0 aliphatic carbocycles. The van der Waals surface area contributed by atoms with Gasteiger partial charge in [0, 0.05) is 18.2 Å². The number of aliphatic carboxylic acids is 1. The molecule has 1 aromatic rings. The molecule has 8 heteroatoms. The molecular formula is C12H11F3O4S. The topological polar surface area (TPSA) is 55.8 Å². The molecule has 0 fully saturated rings. The molecule has 4 nitrogen and oxygen atoms in total. The van der Waals surface area contributed by atoms with E-state index in [2.05, 4.69) is 0 Å². The predicted octanol–water partition coefficient (Wildman–Crippen LogP) is 2.71. The maximum atomic E-state index is 11.9. The SMILES string of the molecule is O=C(O)C1Cc2ccc(OCCSC(F)(F)F)cc2O1. The van der Waals surface area contributed by atoms with E-state index >= 15 is 0 Å². The average molecular weight is 308 g/mol. The van der Waals surface area contributed by atoms with E-state index in [1.54, 1.807) is 12.1 Å². The third-order valence-corrected chi connectivity index (χ3v) is 3.30. The van der Waals surface area contributed by atoms with E-state index in [1.807, 2.05) is 0 Å². The Balaban J connectivity index is 1.87. The second kappa shape index (κ2) is 5.82. The van der Waals surface area contributed by atoms with E-state index in [9.17, 15) is 18.0 Å². The largest absolute Gasteiger partial charge is 0.493 e. The van der Waals surface area contributed by atoms with Crippen molar-refractivity contribution in [2.24, 2.45) is 0 Å². The van der Waals surface area contributed by atoms with Crippen molar-refractivity contribution < 1.29 is 32.5 Å². The number of rotatable bonds is 5. The highest BCUT2D eigenvalue weighted by molar-refractivity contribution is 8.00. The zero-order valence-electron chi connectivity index (χ0n) is 10.1. The fourth-order valence-electron chi connectivity index (χ4n) is 1.75. The summed E-state index contributed by atoms with van der Waals surface area (Å²) in [6.07, 6.45) is -0.643. The second-order valence-electron chi connectivity index (χ2n) is 4.06. The third-order valence-electron chi connectivity index (χ3n) is 2.61. The molecule has 1 N–H and O–H groups in total. The van der Waals surface area contributed by atoms with Gasteiger partial charge in [-0.2, -0.15) is 13.2 Å². The van der Waals surface area contributed by atoms with Gasteiger partial charge in [0.25, 0.3) is 0 Å². The molecule has 0 amide bonds. The van der Waals surface area contributed by atoms with E-state index in [1.165, 1.54) is 6.07 Å². The zero-order valence-corrected chi connectivity index (χ0v) is 11.0. The van der Waals surface area contributed by atoms with Crippen molar-refractivity contribution in [1.29, 1.82) is 0 Å². The Labute approximate surface area is 116 Å². The minimum Gasteiger partial charge on any atom is -0.493 e. The molecule has 0 aromatic heterocycles. The van der Waals surface area contributed by atoms with Gasteiger partial charge in [-0.05, 0) is 23.4 Å². The molecule has 20 heavy (non-hydrogen) atoms. The Bertz CT molecular complexity index is 504. The molecule has 2 rings (SSSR count). The van der Waals surface area contributed by atoms with E-state index in [0.29, 0.717) is 11.5 Å². The van der Waals surface area contributed by atoms with Crippen LogP contribution in [0.3, 0.4) is 0 Å². The summed E-state index contributed by atoms with van der Waals surface area (Å²) in [6.45, 7) is -0.0919. The molecule has 0 spiro atoms. The number of hydrogen-bond acceptors (Lipinski definition) is 4. The van der Waals surface area contributed by atoms with Crippen LogP contribution in [0.15, 0.2) is 18.2 Å². The van der Waals surface area contributed by atoms with Crippen molar-refractivity contribution in [2.45, 2.75) is 18.0 Å². The van der Waals surface area contributed by atoms with Crippen LogP contribution < -0.4 is 9.47 Å². The summed E-state index contributed by atoms with van der Waals surface area (Å²) in [6, 6.07) is 4.74. The van der Waals surface area contributed by atoms with Gasteiger partial charge in [-0.1, -0.05) is 6.07 Å². The number of fused-ring (bicyclic) bond motifs is 1. The first kappa shape index (κ1) is 14.8. The first-order valence-electron chi connectivity index (χ1n) is 5.71. The lowest BCUT2D eigenvalue weighted by molar-refractivity contribution is -0.144. The highest BCUT2D eigenvalue weighted by Crippen LogP contribution is 2.33. The lowest BCUT2D eigenvalue weighted by Crippen LogP contribution is -2.24. The lowest BCUT2D eigenvalue weighted by atomic mass is 10.1. The monoisotopic (exact) mass is 308 g/mol. The summed E-state index contributed by atoms with van der Waals surface area (Å²) in [4.78, 5) is 10.8. The van der Waals surface area contributed by atoms with Gasteiger partial charge in [-0.3, -0.25) is 0 Å². The quantitative estimate of drug-likeness (QED) is 0.848. The summed E-state index contributed by atoms with van der Waals surface area (Å²) in [5.41, 5.74) is -3.52. The van der Waals surface area contributed by atoms with Gasteiger partial charge in [0.1, 0.15) is 11.5 Å². The van der Waals surface area contributed by atoms with Gasteiger partial charge in [0.05, 0.1) is 6.61 Å². The summed E-state index contributed by atoms with van der Waals surface area (Å²) >= 11 is -0.151. The fourth-order valence-corrected chi connectivity index (χ4v) is 2.15. The molecule has 0 saturated heterocycles. The van der Waals surface area contributed by atoms with Crippen molar-refractivity contribution >= 4 is 17.7 Å². The Morgan fingerprint density at radius 2 is 2.25 bits per heavy atom. The molecule has 0 radical (unpaired) electrons. The predicted molar refractivity (Wildman–Crippen MR) is 66.2 cm³/mol. The van der Waals surface area contributed by atoms with Crippen molar-refractivity contribution in [3.8, 4) is 11.5 Å². The molecule has 1 unspecified atom stereocenters. The molecule has 0 bridgehead atoms. The van der Waals surface area contributed by atoms with Crippen molar-refractivity contribution in [3.05, 3.63) is 23.8 Å². The van der Waals surface area contributed by atoms with Crippen LogP contribution in [0, 0.1) is 0 Å². The fraction of sp³-hybridized carbons (Fsp3) is 0.417. The van der Waals surface area contributed by atoms with Crippen LogP contribution in [-0.4, -0.2) is 35.0 Å². The molecule has 1 atom stereocenters. The Morgan fingerprint density at radius 3 is 2.90 bits per heavy atom. The maximum absolute atomic E-state index is 11.9. The van der Waals surface area contributed by atoms with Crippen molar-refractivity contribution in [1.82, 2.24) is 0 Å². The second-order valence-corrected chi connectivity index (χ2v) is 5.22. The smallest absolute Gasteiger partial charge is 0.441 e. The molecule has 1 aromatic carbocycles. The summed E-state index contributed by atoms with van der Waals surface area (Å²) in [5.74, 6) is -0.500. The molecule has 0 saturated carbocycles. The van der Waals surface area contributed by atoms with E-state index < -0.39 is 17.6 Å². The number of alkyl halides is 3. The number of halogens is 3. The number of thioether (sulfide) groups is 1. The van der Waals surface area contributed by atoms with Crippen LogP contribution in [0.2, 0.25) is 0 Å². The number of carboxylic acids is 1. The Kier molecular flexibility index (Phi) is 4.32. The van der Waals surface area contributed by atoms with E-state index in [4.69, 9.17) is 14.6 Å². The number of hydrogen-bond donors (Lipinski definition) is 1. The van der Waals surface area contributed by atoms with Crippen LogP contribution in [0.4, 0.5) is 13.2 Å². The highest BCUT2D eigenvalue weighted by Gasteiger charge is 2.29. The molecular weight excluding hydrogens is 297 g/mol. The number of ether oxygens (including phenoxy) is 2.